The molecule has 1 N–H and O–H groups in total. The summed E-state index contributed by atoms with van der Waals surface area (Å²) in [4.78, 5) is 4.13. The van der Waals surface area contributed by atoms with Crippen LogP contribution < -0.4 is 5.32 Å². The fourth-order valence-corrected chi connectivity index (χ4v) is 1.92. The summed E-state index contributed by atoms with van der Waals surface area (Å²) < 4.78 is 5.73. The second kappa shape index (κ2) is 7.36. The maximum absolute atomic E-state index is 5.73. The molecule has 1 heterocycles. The summed E-state index contributed by atoms with van der Waals surface area (Å²) in [7, 11) is 1.99. The Morgan fingerprint density at radius 3 is 2.75 bits per heavy atom. The topological polar surface area (TPSA) is 34.1 Å². The van der Waals surface area contributed by atoms with Crippen LogP contribution >= 0.6 is 0 Å². The number of likely N-dealkylation sites (N-methyl/N-ethyl adjacent to an activating group) is 1. The van der Waals surface area contributed by atoms with E-state index in [9.17, 15) is 0 Å². The van der Waals surface area contributed by atoms with E-state index in [0.29, 0.717) is 6.04 Å². The van der Waals surface area contributed by atoms with Crippen LogP contribution in [0.2, 0.25) is 0 Å². The number of nitrogens with zero attached hydrogens (tertiary/aromatic N) is 1. The quantitative estimate of drug-likeness (QED) is 0.766. The molecule has 0 spiro atoms. The lowest BCUT2D eigenvalue weighted by atomic mass is 10.0. The third-order valence-corrected chi connectivity index (χ3v) is 2.78. The zero-order chi connectivity index (χ0) is 11.8. The molecule has 1 rings (SSSR count). The van der Waals surface area contributed by atoms with Gasteiger partial charge in [0.25, 0.3) is 0 Å². The van der Waals surface area contributed by atoms with Crippen molar-refractivity contribution in [3.8, 4) is 0 Å². The number of pyridine rings is 1. The van der Waals surface area contributed by atoms with E-state index in [1.54, 1.807) is 6.20 Å². The summed E-state index contributed by atoms with van der Waals surface area (Å²) in [5, 5.41) is 3.33. The van der Waals surface area contributed by atoms with Gasteiger partial charge in [0.05, 0.1) is 6.10 Å². The molecule has 0 amide bonds. The van der Waals surface area contributed by atoms with Gasteiger partial charge in [-0.2, -0.15) is 0 Å². The lowest BCUT2D eigenvalue weighted by Crippen LogP contribution is -2.40. The van der Waals surface area contributed by atoms with Crippen molar-refractivity contribution in [2.45, 2.75) is 38.8 Å². The van der Waals surface area contributed by atoms with E-state index in [4.69, 9.17) is 4.74 Å². The van der Waals surface area contributed by atoms with Crippen LogP contribution in [0.4, 0.5) is 0 Å². The smallest absolute Gasteiger partial charge is 0.0728 e. The molecule has 2 atom stereocenters. The highest BCUT2D eigenvalue weighted by atomic mass is 16.5. The Balaban J connectivity index is 2.60. The maximum Gasteiger partial charge on any atom is 0.0728 e. The van der Waals surface area contributed by atoms with Gasteiger partial charge in [0.1, 0.15) is 0 Å². The van der Waals surface area contributed by atoms with Gasteiger partial charge in [-0.05, 0) is 38.4 Å². The second-order valence-electron chi connectivity index (χ2n) is 3.86. The van der Waals surface area contributed by atoms with Gasteiger partial charge in [0, 0.05) is 25.0 Å². The van der Waals surface area contributed by atoms with Crippen LogP contribution in [0.1, 0.15) is 25.8 Å². The summed E-state index contributed by atoms with van der Waals surface area (Å²) in [5.41, 5.74) is 1.25. The molecule has 2 unspecified atom stereocenters. The van der Waals surface area contributed by atoms with Gasteiger partial charge >= 0.3 is 0 Å². The van der Waals surface area contributed by atoms with Crippen molar-refractivity contribution in [2.24, 2.45) is 0 Å². The SMILES string of the molecule is CCOC(CC)C(Cc1cccnc1)NC. The van der Waals surface area contributed by atoms with E-state index >= 15 is 0 Å². The maximum atomic E-state index is 5.73. The minimum Gasteiger partial charge on any atom is -0.377 e. The molecule has 1 aromatic rings. The van der Waals surface area contributed by atoms with Gasteiger partial charge in [-0.15, -0.1) is 0 Å². The monoisotopic (exact) mass is 222 g/mol. The Hall–Kier alpha value is -0.930. The third kappa shape index (κ3) is 3.91. The lowest BCUT2D eigenvalue weighted by Gasteiger charge is -2.25. The molecular weight excluding hydrogens is 200 g/mol. The van der Waals surface area contributed by atoms with Crippen molar-refractivity contribution in [3.05, 3.63) is 30.1 Å². The zero-order valence-corrected chi connectivity index (χ0v) is 10.4. The Morgan fingerprint density at radius 1 is 1.44 bits per heavy atom. The predicted molar refractivity (Wildman–Crippen MR) is 66.5 cm³/mol. The normalized spacial score (nSPS) is 14.7. The number of aromatic nitrogens is 1. The molecule has 0 aliphatic rings. The first-order chi connectivity index (χ1) is 7.81. The van der Waals surface area contributed by atoms with Crippen molar-refractivity contribution in [2.75, 3.05) is 13.7 Å². The van der Waals surface area contributed by atoms with Crippen LogP contribution in [0.15, 0.2) is 24.5 Å². The molecule has 0 aliphatic heterocycles. The Kier molecular flexibility index (Phi) is 6.04. The van der Waals surface area contributed by atoms with Crippen molar-refractivity contribution in [1.82, 2.24) is 10.3 Å². The molecule has 3 heteroatoms. The first-order valence-electron chi connectivity index (χ1n) is 5.99. The standard InChI is InChI=1S/C13H22N2O/c1-4-13(16-5-2)12(14-3)9-11-7-6-8-15-10-11/h6-8,10,12-14H,4-5,9H2,1-3H3. The molecular formula is C13H22N2O. The molecule has 0 saturated heterocycles. The summed E-state index contributed by atoms with van der Waals surface area (Å²) in [5.74, 6) is 0. The fraction of sp³-hybridized carbons (Fsp3) is 0.615. The molecule has 1 aromatic heterocycles. The molecule has 0 saturated carbocycles. The highest BCUT2D eigenvalue weighted by Crippen LogP contribution is 2.10. The average Bonchev–Trinajstić information content (AvgIpc) is 2.35. The Bertz CT molecular complexity index is 277. The molecule has 0 fully saturated rings. The van der Waals surface area contributed by atoms with E-state index in [1.165, 1.54) is 5.56 Å². The van der Waals surface area contributed by atoms with Gasteiger partial charge in [-0.1, -0.05) is 13.0 Å². The van der Waals surface area contributed by atoms with E-state index in [2.05, 4.69) is 23.3 Å². The zero-order valence-electron chi connectivity index (χ0n) is 10.4. The fourth-order valence-electron chi connectivity index (χ4n) is 1.92. The van der Waals surface area contributed by atoms with Crippen LogP contribution in [-0.2, 0) is 11.2 Å². The number of ether oxygens (including phenoxy) is 1. The van der Waals surface area contributed by atoms with Crippen LogP contribution in [0, 0.1) is 0 Å². The van der Waals surface area contributed by atoms with E-state index < -0.39 is 0 Å². The van der Waals surface area contributed by atoms with Gasteiger partial charge in [0.2, 0.25) is 0 Å². The molecule has 0 aromatic carbocycles. The summed E-state index contributed by atoms with van der Waals surface area (Å²) >= 11 is 0. The van der Waals surface area contributed by atoms with Crippen molar-refractivity contribution in [1.29, 1.82) is 0 Å². The third-order valence-electron chi connectivity index (χ3n) is 2.78. The highest BCUT2D eigenvalue weighted by molar-refractivity contribution is 5.10. The lowest BCUT2D eigenvalue weighted by molar-refractivity contribution is 0.0339. The summed E-state index contributed by atoms with van der Waals surface area (Å²) in [6.45, 7) is 4.97. The van der Waals surface area contributed by atoms with E-state index in [0.717, 1.165) is 19.4 Å². The van der Waals surface area contributed by atoms with Crippen molar-refractivity contribution in [3.63, 3.8) is 0 Å². The highest BCUT2D eigenvalue weighted by Gasteiger charge is 2.18. The number of rotatable bonds is 7. The van der Waals surface area contributed by atoms with Crippen LogP contribution in [0.25, 0.3) is 0 Å². The Morgan fingerprint density at radius 2 is 2.25 bits per heavy atom. The average molecular weight is 222 g/mol. The van der Waals surface area contributed by atoms with Crippen LogP contribution in [0.5, 0.6) is 0 Å². The van der Waals surface area contributed by atoms with Gasteiger partial charge in [0.15, 0.2) is 0 Å². The van der Waals surface area contributed by atoms with Crippen molar-refractivity contribution < 1.29 is 4.74 Å². The molecule has 3 nitrogen and oxygen atoms in total. The van der Waals surface area contributed by atoms with E-state index in [1.807, 2.05) is 26.2 Å². The largest absolute Gasteiger partial charge is 0.377 e. The second-order valence-corrected chi connectivity index (χ2v) is 3.86. The minimum atomic E-state index is 0.273. The van der Waals surface area contributed by atoms with Gasteiger partial charge in [-0.3, -0.25) is 4.98 Å². The van der Waals surface area contributed by atoms with E-state index in [-0.39, 0.29) is 6.10 Å². The molecule has 90 valence electrons. The Labute approximate surface area is 98.2 Å². The number of hydrogen-bond donors (Lipinski definition) is 1. The molecule has 16 heavy (non-hydrogen) atoms. The first kappa shape index (κ1) is 13.1. The molecule has 0 radical (unpaired) electrons. The number of nitrogens with one attached hydrogen (secondary N) is 1. The molecule has 0 aliphatic carbocycles. The van der Waals surface area contributed by atoms with Gasteiger partial charge < -0.3 is 10.1 Å². The number of hydrogen-bond acceptors (Lipinski definition) is 3. The van der Waals surface area contributed by atoms with Crippen LogP contribution in [-0.4, -0.2) is 30.8 Å². The van der Waals surface area contributed by atoms with Crippen molar-refractivity contribution >= 4 is 0 Å². The molecule has 0 bridgehead atoms. The minimum absolute atomic E-state index is 0.273. The van der Waals surface area contributed by atoms with Gasteiger partial charge in [-0.25, -0.2) is 0 Å². The predicted octanol–water partition coefficient (Wildman–Crippen LogP) is 2.03. The van der Waals surface area contributed by atoms with Crippen LogP contribution in [0.3, 0.4) is 0 Å². The first-order valence-corrected chi connectivity index (χ1v) is 5.99. The summed E-state index contributed by atoms with van der Waals surface area (Å²) in [6.07, 6.45) is 5.98. The summed E-state index contributed by atoms with van der Waals surface area (Å²) in [6, 6.07) is 4.44.